The van der Waals surface area contributed by atoms with E-state index in [9.17, 15) is 9.90 Å². The number of fused-ring (bicyclic) bond motifs is 1. The number of nitrogens with one attached hydrogen (secondary N) is 3. The van der Waals surface area contributed by atoms with E-state index < -0.39 is 5.69 Å². The van der Waals surface area contributed by atoms with Crippen LogP contribution in [0.1, 0.15) is 24.1 Å². The molecular weight excluding hydrogens is 398 g/mol. The maximum absolute atomic E-state index is 11.4. The van der Waals surface area contributed by atoms with Crippen molar-refractivity contribution in [2.75, 3.05) is 12.4 Å². The third kappa shape index (κ3) is 3.87. The minimum Gasteiger partial charge on any atom is -0.496 e. The molecule has 0 atom stereocenters. The summed E-state index contributed by atoms with van der Waals surface area (Å²) in [5.74, 6) is 1.20. The summed E-state index contributed by atoms with van der Waals surface area (Å²) in [6, 6.07) is 9.95. The van der Waals surface area contributed by atoms with Gasteiger partial charge in [0.05, 0.1) is 19.3 Å². The molecule has 4 aromatic rings. The molecule has 0 aliphatic heterocycles. The number of imidazole rings is 1. The van der Waals surface area contributed by atoms with Crippen molar-refractivity contribution in [3.05, 3.63) is 69.0 Å². The summed E-state index contributed by atoms with van der Waals surface area (Å²) in [4.78, 5) is 25.7. The highest BCUT2D eigenvalue weighted by atomic mass is 16.5. The first-order valence-corrected chi connectivity index (χ1v) is 9.92. The van der Waals surface area contributed by atoms with Crippen molar-refractivity contribution < 1.29 is 9.84 Å². The lowest BCUT2D eigenvalue weighted by Gasteiger charge is -2.10. The quantitative estimate of drug-likeness (QED) is 0.363. The number of ether oxygens (including phenoxy) is 1. The monoisotopic (exact) mass is 419 g/mol. The standard InChI is InChI=1S/C21H21N7O3/c1-31-16-5-3-2-4-12(16)10-22-17-9-18(24-14-6-7-14)28-19(26-17)13(11-23-28)8-15-20(29)27-21(30)25-15/h2-5,8-9,11,14,22,29H,6-7,10H2,1H3,(H2,25,27,30). The zero-order valence-electron chi connectivity index (χ0n) is 16.8. The summed E-state index contributed by atoms with van der Waals surface area (Å²) in [6.45, 7) is 0.523. The summed E-state index contributed by atoms with van der Waals surface area (Å²) < 4.78 is 7.09. The topological polar surface area (TPSA) is 133 Å². The molecule has 1 fully saturated rings. The third-order valence-electron chi connectivity index (χ3n) is 5.03. The van der Waals surface area contributed by atoms with Crippen molar-refractivity contribution in [2.45, 2.75) is 25.4 Å². The molecule has 1 aromatic carbocycles. The lowest BCUT2D eigenvalue weighted by atomic mass is 10.2. The Bertz CT molecular complexity index is 1430. The normalized spacial score (nSPS) is 15.0. The number of aromatic nitrogens is 5. The van der Waals surface area contributed by atoms with Crippen LogP contribution in [0.2, 0.25) is 0 Å². The van der Waals surface area contributed by atoms with Crippen LogP contribution in [-0.4, -0.2) is 42.8 Å². The Morgan fingerprint density at radius 1 is 1.35 bits per heavy atom. The molecule has 0 bridgehead atoms. The largest absolute Gasteiger partial charge is 0.496 e. The second-order valence-electron chi connectivity index (χ2n) is 7.35. The number of anilines is 1. The van der Waals surface area contributed by atoms with Crippen LogP contribution < -0.4 is 26.4 Å². The molecule has 5 rings (SSSR count). The Labute approximate surface area is 176 Å². The van der Waals surface area contributed by atoms with Crippen LogP contribution in [0.25, 0.3) is 11.7 Å². The molecule has 1 aliphatic rings. The Hall–Kier alpha value is -4.08. The summed E-state index contributed by atoms with van der Waals surface area (Å²) in [7, 11) is 1.64. The van der Waals surface area contributed by atoms with Gasteiger partial charge in [-0.25, -0.2) is 9.78 Å². The van der Waals surface area contributed by atoms with Gasteiger partial charge in [0, 0.05) is 23.4 Å². The van der Waals surface area contributed by atoms with Crippen LogP contribution in [0, 0.1) is 0 Å². The number of aromatic amines is 2. The molecule has 0 amide bonds. The number of para-hydroxylation sites is 1. The zero-order chi connectivity index (χ0) is 21.4. The van der Waals surface area contributed by atoms with Crippen LogP contribution in [0.5, 0.6) is 11.6 Å². The Balaban J connectivity index is 1.59. The van der Waals surface area contributed by atoms with Gasteiger partial charge in [-0.05, 0) is 25.0 Å². The van der Waals surface area contributed by atoms with Crippen LogP contribution in [0.4, 0.5) is 5.82 Å². The highest BCUT2D eigenvalue weighted by molar-refractivity contribution is 5.58. The van der Waals surface area contributed by atoms with Gasteiger partial charge in [0.1, 0.15) is 17.3 Å². The molecular formula is C21H21N7O3. The molecule has 1 aliphatic carbocycles. The van der Waals surface area contributed by atoms with Crippen LogP contribution in [-0.2, 0) is 6.54 Å². The molecule has 0 saturated heterocycles. The number of hydrogen-bond donors (Lipinski definition) is 4. The van der Waals surface area contributed by atoms with E-state index >= 15 is 0 Å². The van der Waals surface area contributed by atoms with Crippen molar-refractivity contribution >= 4 is 17.5 Å². The van der Waals surface area contributed by atoms with Crippen LogP contribution in [0.15, 0.2) is 46.3 Å². The maximum atomic E-state index is 11.4. The predicted molar refractivity (Wildman–Crippen MR) is 114 cm³/mol. The first-order valence-electron chi connectivity index (χ1n) is 9.92. The van der Waals surface area contributed by atoms with Crippen molar-refractivity contribution in [1.29, 1.82) is 0 Å². The van der Waals surface area contributed by atoms with Crippen molar-refractivity contribution in [1.82, 2.24) is 24.6 Å². The molecule has 0 radical (unpaired) electrons. The highest BCUT2D eigenvalue weighted by Gasteiger charge is 2.20. The summed E-state index contributed by atoms with van der Waals surface area (Å²) in [6.07, 6.45) is 5.37. The molecule has 3 heterocycles. The van der Waals surface area contributed by atoms with Gasteiger partial charge in [0.15, 0.2) is 11.1 Å². The molecule has 10 nitrogen and oxygen atoms in total. The lowest BCUT2D eigenvalue weighted by Crippen LogP contribution is -2.20. The lowest BCUT2D eigenvalue weighted by molar-refractivity contribution is 0.410. The third-order valence-corrected chi connectivity index (χ3v) is 5.03. The van der Waals surface area contributed by atoms with E-state index in [-0.39, 0.29) is 11.6 Å². The number of hydrogen-bond acceptors (Lipinski definition) is 7. The van der Waals surface area contributed by atoms with Gasteiger partial charge in [0.2, 0.25) is 5.88 Å². The zero-order valence-corrected chi connectivity index (χ0v) is 16.8. The summed E-state index contributed by atoms with van der Waals surface area (Å²) in [5.41, 5.74) is 2.03. The van der Waals surface area contributed by atoms with Gasteiger partial charge in [-0.2, -0.15) is 9.61 Å². The maximum Gasteiger partial charge on any atom is 0.326 e. The summed E-state index contributed by atoms with van der Waals surface area (Å²) in [5, 5.41) is 18.3. The number of aromatic hydroxyl groups is 1. The van der Waals surface area contributed by atoms with Gasteiger partial charge in [-0.1, -0.05) is 18.2 Å². The van der Waals surface area contributed by atoms with E-state index in [2.05, 4.69) is 20.4 Å². The van der Waals surface area contributed by atoms with Gasteiger partial charge in [0.25, 0.3) is 0 Å². The predicted octanol–water partition coefficient (Wildman–Crippen LogP) is 0.683. The second-order valence-corrected chi connectivity index (χ2v) is 7.35. The van der Waals surface area contributed by atoms with Crippen LogP contribution >= 0.6 is 0 Å². The van der Waals surface area contributed by atoms with Gasteiger partial charge in [-0.15, -0.1) is 0 Å². The Kier molecular flexibility index (Phi) is 4.66. The van der Waals surface area contributed by atoms with Gasteiger partial charge >= 0.3 is 5.69 Å². The average molecular weight is 419 g/mol. The Morgan fingerprint density at radius 3 is 2.94 bits per heavy atom. The number of benzene rings is 1. The SMILES string of the molecule is COc1ccccc1CNc1cc(=NC2CC2)n2ncc(=Cc3[nH]c(=O)[nH]c3O)c2n1. The fourth-order valence-corrected chi connectivity index (χ4v) is 3.32. The Morgan fingerprint density at radius 2 is 2.19 bits per heavy atom. The van der Waals surface area contributed by atoms with E-state index in [0.717, 1.165) is 24.2 Å². The van der Waals surface area contributed by atoms with Crippen molar-refractivity contribution in [3.63, 3.8) is 0 Å². The molecule has 1 saturated carbocycles. The first kappa shape index (κ1) is 18.9. The number of methoxy groups -OCH3 is 1. The van der Waals surface area contributed by atoms with E-state index in [0.29, 0.717) is 34.8 Å². The van der Waals surface area contributed by atoms with Crippen molar-refractivity contribution in [2.24, 2.45) is 4.99 Å². The van der Waals surface area contributed by atoms with Crippen LogP contribution in [0.3, 0.4) is 0 Å². The van der Waals surface area contributed by atoms with Gasteiger partial charge in [-0.3, -0.25) is 9.98 Å². The summed E-state index contributed by atoms with van der Waals surface area (Å²) >= 11 is 0. The number of nitrogens with zero attached hydrogens (tertiary/aromatic N) is 4. The number of rotatable bonds is 6. The van der Waals surface area contributed by atoms with Crippen molar-refractivity contribution in [3.8, 4) is 11.6 Å². The molecule has 4 N–H and O–H groups in total. The van der Waals surface area contributed by atoms with E-state index in [4.69, 9.17) is 14.7 Å². The minimum absolute atomic E-state index is 0.238. The van der Waals surface area contributed by atoms with E-state index in [1.807, 2.05) is 30.3 Å². The molecule has 158 valence electrons. The molecule has 31 heavy (non-hydrogen) atoms. The van der Waals surface area contributed by atoms with E-state index in [1.54, 1.807) is 23.9 Å². The molecule has 3 aromatic heterocycles. The fourth-order valence-electron chi connectivity index (χ4n) is 3.32. The molecule has 10 heteroatoms. The molecule has 0 unspecified atom stereocenters. The van der Waals surface area contributed by atoms with Gasteiger partial charge < -0.3 is 20.1 Å². The molecule has 0 spiro atoms. The fraction of sp³-hybridized carbons (Fsp3) is 0.238. The average Bonchev–Trinajstić information content (AvgIpc) is 3.41. The minimum atomic E-state index is -0.489. The first-order chi connectivity index (χ1) is 15.1. The number of H-pyrrole nitrogens is 2. The second kappa shape index (κ2) is 7.63. The smallest absolute Gasteiger partial charge is 0.326 e. The highest BCUT2D eigenvalue weighted by Crippen LogP contribution is 2.22. The van der Waals surface area contributed by atoms with E-state index in [1.165, 1.54) is 0 Å².